The second-order valence-corrected chi connectivity index (χ2v) is 4.28. The lowest BCUT2D eigenvalue weighted by Gasteiger charge is -2.32. The number of carboxylic acids is 1. The quantitative estimate of drug-likeness (QED) is 0.790. The summed E-state index contributed by atoms with van der Waals surface area (Å²) in [6.07, 6.45) is 1.27. The van der Waals surface area contributed by atoms with E-state index in [4.69, 9.17) is 5.11 Å². The highest BCUT2D eigenvalue weighted by Gasteiger charge is 2.26. The first-order valence-corrected chi connectivity index (χ1v) is 5.71. The van der Waals surface area contributed by atoms with Gasteiger partial charge >= 0.3 is 5.97 Å². The first kappa shape index (κ1) is 13.0. The van der Waals surface area contributed by atoms with Crippen molar-refractivity contribution in [1.82, 2.24) is 14.8 Å². The lowest BCUT2D eigenvalue weighted by atomic mass is 10.2. The molecule has 1 aromatic heterocycles. The summed E-state index contributed by atoms with van der Waals surface area (Å²) in [7, 11) is 1.68. The number of pyridine rings is 1. The highest BCUT2D eigenvalue weighted by Crippen LogP contribution is 2.09. The molecule has 2 heterocycles. The fourth-order valence-corrected chi connectivity index (χ4v) is 1.79. The lowest BCUT2D eigenvalue weighted by molar-refractivity contribution is -0.133. The van der Waals surface area contributed by atoms with E-state index in [1.807, 2.05) is 0 Å². The number of aromatic carboxylic acids is 1. The summed E-state index contributed by atoms with van der Waals surface area (Å²) in [6.45, 7) is 0.924. The smallest absolute Gasteiger partial charge is 0.354 e. The molecule has 1 N–H and O–H groups in total. The number of aromatic nitrogens is 1. The second-order valence-electron chi connectivity index (χ2n) is 4.28. The number of likely N-dealkylation sites (N-methyl/N-ethyl adjacent to an activating group) is 1. The predicted molar refractivity (Wildman–Crippen MR) is 64.7 cm³/mol. The largest absolute Gasteiger partial charge is 0.477 e. The van der Waals surface area contributed by atoms with Crippen LogP contribution >= 0.6 is 0 Å². The number of amides is 2. The van der Waals surface area contributed by atoms with E-state index in [1.165, 1.54) is 23.2 Å². The van der Waals surface area contributed by atoms with Crippen molar-refractivity contribution in [2.75, 3.05) is 26.7 Å². The van der Waals surface area contributed by atoms with Gasteiger partial charge in [-0.3, -0.25) is 9.59 Å². The van der Waals surface area contributed by atoms with E-state index in [-0.39, 0.29) is 29.6 Å². The molecule has 1 saturated heterocycles. The van der Waals surface area contributed by atoms with Crippen LogP contribution in [0.4, 0.5) is 0 Å². The molecule has 1 aliphatic rings. The summed E-state index contributed by atoms with van der Waals surface area (Å²) in [5.74, 6) is -1.68. The van der Waals surface area contributed by atoms with E-state index in [2.05, 4.69) is 4.98 Å². The molecule has 2 rings (SSSR count). The first-order valence-electron chi connectivity index (χ1n) is 5.71. The maximum atomic E-state index is 12.2. The Bertz CT molecular complexity index is 544. The molecule has 2 amide bonds. The van der Waals surface area contributed by atoms with Crippen LogP contribution in [0.2, 0.25) is 0 Å². The Balaban J connectivity index is 2.18. The average molecular weight is 263 g/mol. The summed E-state index contributed by atoms with van der Waals surface area (Å²) in [4.78, 5) is 41.1. The SMILES string of the molecule is CN1CCN(C(=O)c2ccnc(C(=O)O)c2)CC1=O. The van der Waals surface area contributed by atoms with Gasteiger partial charge in [0.1, 0.15) is 12.2 Å². The topological polar surface area (TPSA) is 90.8 Å². The number of piperazine rings is 1. The van der Waals surface area contributed by atoms with E-state index in [9.17, 15) is 14.4 Å². The molecule has 7 nitrogen and oxygen atoms in total. The van der Waals surface area contributed by atoms with Gasteiger partial charge in [0.05, 0.1) is 0 Å². The molecule has 1 aromatic rings. The zero-order valence-corrected chi connectivity index (χ0v) is 10.4. The monoisotopic (exact) mass is 263 g/mol. The van der Waals surface area contributed by atoms with Crippen LogP contribution in [0.3, 0.4) is 0 Å². The molecular formula is C12H13N3O4. The highest BCUT2D eigenvalue weighted by molar-refractivity contribution is 5.98. The Morgan fingerprint density at radius 2 is 2.11 bits per heavy atom. The molecule has 1 fully saturated rings. The van der Waals surface area contributed by atoms with Gasteiger partial charge in [-0.15, -0.1) is 0 Å². The third-order valence-electron chi connectivity index (χ3n) is 2.97. The number of nitrogens with zero attached hydrogens (tertiary/aromatic N) is 3. The van der Waals surface area contributed by atoms with Gasteiger partial charge < -0.3 is 14.9 Å². The molecule has 0 unspecified atom stereocenters. The van der Waals surface area contributed by atoms with Crippen molar-refractivity contribution in [2.45, 2.75) is 0 Å². The molecule has 0 spiro atoms. The minimum Gasteiger partial charge on any atom is -0.477 e. The summed E-state index contributed by atoms with van der Waals surface area (Å²) in [6, 6.07) is 2.66. The predicted octanol–water partition coefficient (Wildman–Crippen LogP) is -0.306. The molecule has 1 aliphatic heterocycles. The first-order chi connectivity index (χ1) is 8.99. The van der Waals surface area contributed by atoms with Gasteiger partial charge in [0.2, 0.25) is 5.91 Å². The van der Waals surface area contributed by atoms with Crippen LogP contribution in [-0.4, -0.2) is 64.4 Å². The molecule has 0 aliphatic carbocycles. The van der Waals surface area contributed by atoms with Crippen molar-refractivity contribution in [3.05, 3.63) is 29.6 Å². The summed E-state index contributed by atoms with van der Waals surface area (Å²) < 4.78 is 0. The number of carbonyl (C=O) groups excluding carboxylic acids is 2. The Morgan fingerprint density at radius 1 is 1.37 bits per heavy atom. The lowest BCUT2D eigenvalue weighted by Crippen LogP contribution is -2.50. The van der Waals surface area contributed by atoms with Crippen molar-refractivity contribution in [2.24, 2.45) is 0 Å². The molecule has 100 valence electrons. The molecule has 0 atom stereocenters. The van der Waals surface area contributed by atoms with Crippen LogP contribution in [0.5, 0.6) is 0 Å². The van der Waals surface area contributed by atoms with Crippen LogP contribution in [-0.2, 0) is 4.79 Å². The Hall–Kier alpha value is -2.44. The Morgan fingerprint density at radius 3 is 2.74 bits per heavy atom. The maximum Gasteiger partial charge on any atom is 0.354 e. The average Bonchev–Trinajstić information content (AvgIpc) is 2.41. The molecule has 0 bridgehead atoms. The van der Waals surface area contributed by atoms with Crippen LogP contribution in [0.15, 0.2) is 18.3 Å². The van der Waals surface area contributed by atoms with E-state index in [0.717, 1.165) is 0 Å². The van der Waals surface area contributed by atoms with Crippen LogP contribution in [0.25, 0.3) is 0 Å². The van der Waals surface area contributed by atoms with Crippen LogP contribution < -0.4 is 0 Å². The number of hydrogen-bond acceptors (Lipinski definition) is 4. The normalized spacial score (nSPS) is 15.5. The standard InChI is InChI=1S/C12H13N3O4/c1-14-4-5-15(7-10(14)16)11(17)8-2-3-13-9(6-8)12(18)19/h2-3,6H,4-5,7H2,1H3,(H,18,19). The number of carbonyl (C=O) groups is 3. The van der Waals surface area contributed by atoms with Gasteiger partial charge in [-0.25, -0.2) is 9.78 Å². The van der Waals surface area contributed by atoms with Gasteiger partial charge in [-0.05, 0) is 12.1 Å². The van der Waals surface area contributed by atoms with E-state index >= 15 is 0 Å². The molecule has 0 aromatic carbocycles. The maximum absolute atomic E-state index is 12.2. The van der Waals surface area contributed by atoms with E-state index in [0.29, 0.717) is 13.1 Å². The van der Waals surface area contributed by atoms with Crippen molar-refractivity contribution in [1.29, 1.82) is 0 Å². The molecule has 19 heavy (non-hydrogen) atoms. The summed E-state index contributed by atoms with van der Waals surface area (Å²) >= 11 is 0. The fraction of sp³-hybridized carbons (Fsp3) is 0.333. The minimum atomic E-state index is -1.19. The zero-order chi connectivity index (χ0) is 14.0. The molecular weight excluding hydrogens is 250 g/mol. The molecule has 0 saturated carbocycles. The number of hydrogen-bond donors (Lipinski definition) is 1. The van der Waals surface area contributed by atoms with Gasteiger partial charge in [-0.2, -0.15) is 0 Å². The van der Waals surface area contributed by atoms with Gasteiger partial charge in [0, 0.05) is 31.9 Å². The third kappa shape index (κ3) is 2.70. The summed E-state index contributed by atoms with van der Waals surface area (Å²) in [5.41, 5.74) is 0.0380. The van der Waals surface area contributed by atoms with Crippen molar-refractivity contribution in [3.63, 3.8) is 0 Å². The Kier molecular flexibility index (Phi) is 3.46. The van der Waals surface area contributed by atoms with Crippen LogP contribution in [0, 0.1) is 0 Å². The number of carboxylic acid groups (broad SMARTS) is 1. The summed E-state index contributed by atoms with van der Waals surface area (Å²) in [5, 5.41) is 8.83. The minimum absolute atomic E-state index is 0.0139. The van der Waals surface area contributed by atoms with Gasteiger partial charge in [-0.1, -0.05) is 0 Å². The zero-order valence-electron chi connectivity index (χ0n) is 10.4. The van der Waals surface area contributed by atoms with E-state index in [1.54, 1.807) is 11.9 Å². The van der Waals surface area contributed by atoms with Crippen molar-refractivity contribution in [3.8, 4) is 0 Å². The van der Waals surface area contributed by atoms with E-state index < -0.39 is 5.97 Å². The fourth-order valence-electron chi connectivity index (χ4n) is 1.79. The highest BCUT2D eigenvalue weighted by atomic mass is 16.4. The molecule has 7 heteroatoms. The third-order valence-corrected chi connectivity index (χ3v) is 2.97. The van der Waals surface area contributed by atoms with Crippen molar-refractivity contribution >= 4 is 17.8 Å². The molecule has 0 radical (unpaired) electrons. The van der Waals surface area contributed by atoms with Gasteiger partial charge in [0.25, 0.3) is 5.91 Å². The number of rotatable bonds is 2. The van der Waals surface area contributed by atoms with Crippen LogP contribution in [0.1, 0.15) is 20.8 Å². The van der Waals surface area contributed by atoms with Gasteiger partial charge in [0.15, 0.2) is 0 Å². The second kappa shape index (κ2) is 5.05. The Labute approximate surface area is 109 Å². The van der Waals surface area contributed by atoms with Crippen molar-refractivity contribution < 1.29 is 19.5 Å².